The third-order valence-electron chi connectivity index (χ3n) is 4.23. The number of rotatable bonds is 4. The molecule has 2 heterocycles. The van der Waals surface area contributed by atoms with Crippen molar-refractivity contribution in [3.05, 3.63) is 77.4 Å². The molecule has 0 radical (unpaired) electrons. The first-order valence-corrected chi connectivity index (χ1v) is 9.30. The molecule has 4 aromatic rings. The van der Waals surface area contributed by atoms with Crippen molar-refractivity contribution in [3.63, 3.8) is 0 Å². The molecular formula is C20H15F3N4S. The van der Waals surface area contributed by atoms with Crippen LogP contribution in [0.3, 0.4) is 0 Å². The van der Waals surface area contributed by atoms with Crippen LogP contribution in [-0.4, -0.2) is 14.8 Å². The van der Waals surface area contributed by atoms with Gasteiger partial charge in [-0.05, 0) is 37.3 Å². The molecular weight excluding hydrogens is 385 g/mol. The molecule has 0 aliphatic rings. The minimum absolute atomic E-state index is 0.340. The molecule has 0 aliphatic carbocycles. The lowest BCUT2D eigenvalue weighted by molar-refractivity contribution is -0.137. The van der Waals surface area contributed by atoms with Gasteiger partial charge in [0.2, 0.25) is 0 Å². The van der Waals surface area contributed by atoms with Gasteiger partial charge >= 0.3 is 6.18 Å². The van der Waals surface area contributed by atoms with Crippen LogP contribution >= 0.6 is 11.3 Å². The third-order valence-corrected chi connectivity index (χ3v) is 4.99. The summed E-state index contributed by atoms with van der Waals surface area (Å²) in [6, 6.07) is 14.8. The van der Waals surface area contributed by atoms with Crippen molar-refractivity contribution in [2.75, 3.05) is 5.32 Å². The van der Waals surface area contributed by atoms with Crippen molar-refractivity contribution in [1.82, 2.24) is 14.8 Å². The first kappa shape index (κ1) is 18.2. The molecule has 0 atom stereocenters. The molecule has 2 aromatic carbocycles. The summed E-state index contributed by atoms with van der Waals surface area (Å²) in [6.07, 6.45) is -2.64. The van der Waals surface area contributed by atoms with Crippen LogP contribution in [0.5, 0.6) is 0 Å². The lowest BCUT2D eigenvalue weighted by Crippen LogP contribution is -2.05. The van der Waals surface area contributed by atoms with E-state index in [2.05, 4.69) is 15.4 Å². The number of anilines is 2. The molecule has 0 saturated heterocycles. The zero-order valence-corrected chi connectivity index (χ0v) is 15.6. The van der Waals surface area contributed by atoms with Crippen molar-refractivity contribution in [3.8, 4) is 16.9 Å². The maximum atomic E-state index is 12.9. The zero-order chi connectivity index (χ0) is 19.7. The Balaban J connectivity index is 1.58. The molecule has 8 heteroatoms. The van der Waals surface area contributed by atoms with E-state index in [1.165, 1.54) is 17.4 Å². The molecule has 0 fully saturated rings. The Hall–Kier alpha value is -3.13. The quantitative estimate of drug-likeness (QED) is 0.452. The number of benzene rings is 2. The highest BCUT2D eigenvalue weighted by molar-refractivity contribution is 7.14. The Bertz CT molecular complexity index is 1100. The van der Waals surface area contributed by atoms with E-state index in [0.717, 1.165) is 34.8 Å². The van der Waals surface area contributed by atoms with Gasteiger partial charge in [0.15, 0.2) is 5.13 Å². The van der Waals surface area contributed by atoms with Gasteiger partial charge in [0.1, 0.15) is 0 Å². The van der Waals surface area contributed by atoms with E-state index in [4.69, 9.17) is 0 Å². The predicted molar refractivity (Wildman–Crippen MR) is 104 cm³/mol. The summed E-state index contributed by atoms with van der Waals surface area (Å²) in [5.74, 6) is 0. The van der Waals surface area contributed by atoms with E-state index in [1.807, 2.05) is 47.3 Å². The number of aromatic nitrogens is 3. The van der Waals surface area contributed by atoms with Crippen molar-refractivity contribution >= 4 is 22.2 Å². The van der Waals surface area contributed by atoms with Gasteiger partial charge in [-0.2, -0.15) is 18.3 Å². The molecule has 0 amide bonds. The first-order valence-electron chi connectivity index (χ1n) is 8.42. The Morgan fingerprint density at radius 3 is 2.57 bits per heavy atom. The number of hydrogen-bond donors (Lipinski definition) is 1. The third kappa shape index (κ3) is 3.63. The molecule has 4 rings (SSSR count). The van der Waals surface area contributed by atoms with Gasteiger partial charge < -0.3 is 5.32 Å². The van der Waals surface area contributed by atoms with E-state index in [9.17, 15) is 13.2 Å². The second-order valence-corrected chi connectivity index (χ2v) is 6.99. The van der Waals surface area contributed by atoms with Gasteiger partial charge in [0.25, 0.3) is 0 Å². The number of para-hydroxylation sites is 1. The Morgan fingerprint density at radius 2 is 1.82 bits per heavy atom. The van der Waals surface area contributed by atoms with Gasteiger partial charge in [-0.15, -0.1) is 11.3 Å². The van der Waals surface area contributed by atoms with Gasteiger partial charge in [-0.25, -0.2) is 9.67 Å². The number of hydrogen-bond acceptors (Lipinski definition) is 4. The molecule has 0 saturated carbocycles. The van der Waals surface area contributed by atoms with Crippen LogP contribution in [0.2, 0.25) is 0 Å². The smallest absolute Gasteiger partial charge is 0.332 e. The lowest BCUT2D eigenvalue weighted by atomic mass is 10.2. The summed E-state index contributed by atoms with van der Waals surface area (Å²) in [5.41, 5.74) is 3.11. The second-order valence-electron chi connectivity index (χ2n) is 6.13. The summed E-state index contributed by atoms with van der Waals surface area (Å²) in [4.78, 5) is 4.51. The fraction of sp³-hybridized carbons (Fsp3) is 0.100. The van der Waals surface area contributed by atoms with Crippen LogP contribution in [0.4, 0.5) is 24.0 Å². The van der Waals surface area contributed by atoms with E-state index >= 15 is 0 Å². The number of nitrogens with zero attached hydrogens (tertiary/aromatic N) is 3. The average Bonchev–Trinajstić information content (AvgIpc) is 3.28. The average molecular weight is 400 g/mol. The molecule has 1 N–H and O–H groups in total. The van der Waals surface area contributed by atoms with Crippen LogP contribution in [-0.2, 0) is 6.18 Å². The number of alkyl halides is 3. The van der Waals surface area contributed by atoms with Gasteiger partial charge in [-0.3, -0.25) is 0 Å². The van der Waals surface area contributed by atoms with Gasteiger partial charge in [0.05, 0.1) is 28.8 Å². The Labute approximate surface area is 163 Å². The standard InChI is InChI=1S/C20H15F3N4S/c1-13-17(11-24-27(13)16-8-3-2-4-9-16)18-12-28-19(26-18)25-15-7-5-6-14(10-15)20(21,22)23/h2-12H,1H3,(H,25,26). The number of thiazole rings is 1. The van der Waals surface area contributed by atoms with Crippen molar-refractivity contribution in [1.29, 1.82) is 0 Å². The van der Waals surface area contributed by atoms with Crippen molar-refractivity contribution < 1.29 is 13.2 Å². The van der Waals surface area contributed by atoms with Crippen LogP contribution in [0.1, 0.15) is 11.3 Å². The molecule has 28 heavy (non-hydrogen) atoms. The van der Waals surface area contributed by atoms with E-state index in [1.54, 1.807) is 12.3 Å². The van der Waals surface area contributed by atoms with Crippen LogP contribution in [0, 0.1) is 6.92 Å². The number of halogens is 3. The molecule has 0 spiro atoms. The van der Waals surface area contributed by atoms with Crippen molar-refractivity contribution in [2.45, 2.75) is 13.1 Å². The molecule has 2 aromatic heterocycles. The van der Waals surface area contributed by atoms with E-state index in [0.29, 0.717) is 10.8 Å². The summed E-state index contributed by atoms with van der Waals surface area (Å²) in [7, 11) is 0. The van der Waals surface area contributed by atoms with Crippen LogP contribution in [0.25, 0.3) is 16.9 Å². The zero-order valence-electron chi connectivity index (χ0n) is 14.7. The highest BCUT2D eigenvalue weighted by atomic mass is 32.1. The summed E-state index contributed by atoms with van der Waals surface area (Å²) < 4.78 is 40.4. The highest BCUT2D eigenvalue weighted by Crippen LogP contribution is 2.33. The highest BCUT2D eigenvalue weighted by Gasteiger charge is 2.30. The summed E-state index contributed by atoms with van der Waals surface area (Å²) in [5, 5.41) is 9.75. The fourth-order valence-electron chi connectivity index (χ4n) is 2.84. The number of nitrogens with one attached hydrogen (secondary N) is 1. The monoisotopic (exact) mass is 400 g/mol. The van der Waals surface area contributed by atoms with E-state index < -0.39 is 11.7 Å². The first-order chi connectivity index (χ1) is 13.4. The Morgan fingerprint density at radius 1 is 1.04 bits per heavy atom. The Kier molecular flexibility index (Phi) is 4.64. The van der Waals surface area contributed by atoms with Crippen LogP contribution < -0.4 is 5.32 Å². The molecule has 4 nitrogen and oxygen atoms in total. The minimum atomic E-state index is -4.38. The predicted octanol–water partition coefficient (Wildman–Crippen LogP) is 6.07. The minimum Gasteiger partial charge on any atom is -0.332 e. The van der Waals surface area contributed by atoms with Crippen LogP contribution in [0.15, 0.2) is 66.2 Å². The maximum Gasteiger partial charge on any atom is 0.416 e. The molecule has 0 unspecified atom stereocenters. The van der Waals surface area contributed by atoms with Crippen molar-refractivity contribution in [2.24, 2.45) is 0 Å². The lowest BCUT2D eigenvalue weighted by Gasteiger charge is -2.09. The topological polar surface area (TPSA) is 42.7 Å². The van der Waals surface area contributed by atoms with E-state index in [-0.39, 0.29) is 0 Å². The molecule has 142 valence electrons. The fourth-order valence-corrected chi connectivity index (χ4v) is 3.57. The molecule has 0 aliphatic heterocycles. The maximum absolute atomic E-state index is 12.9. The second kappa shape index (κ2) is 7.12. The largest absolute Gasteiger partial charge is 0.416 e. The summed E-state index contributed by atoms with van der Waals surface area (Å²) >= 11 is 1.33. The van der Waals surface area contributed by atoms with Gasteiger partial charge in [0, 0.05) is 16.6 Å². The van der Waals surface area contributed by atoms with Gasteiger partial charge in [-0.1, -0.05) is 24.3 Å². The SMILES string of the molecule is Cc1c(-c2csc(Nc3cccc(C(F)(F)F)c3)n2)cnn1-c1ccccc1. The molecule has 0 bridgehead atoms. The summed E-state index contributed by atoms with van der Waals surface area (Å²) in [6.45, 7) is 1.95. The normalized spacial score (nSPS) is 11.6.